The SMILES string of the molecule is Cc1ccccc1NC(=O)Cc1nc(COC(=O)c2ccccc2)cs1. The van der Waals surface area contributed by atoms with E-state index in [0.29, 0.717) is 16.3 Å². The van der Waals surface area contributed by atoms with Gasteiger partial charge in [-0.1, -0.05) is 36.4 Å². The van der Waals surface area contributed by atoms with E-state index in [1.807, 2.05) is 37.3 Å². The molecule has 0 radical (unpaired) electrons. The summed E-state index contributed by atoms with van der Waals surface area (Å²) < 4.78 is 5.25. The van der Waals surface area contributed by atoms with E-state index in [1.54, 1.807) is 29.6 Å². The number of hydrogen-bond donors (Lipinski definition) is 1. The number of hydrogen-bond acceptors (Lipinski definition) is 5. The molecule has 6 heteroatoms. The van der Waals surface area contributed by atoms with Crippen molar-refractivity contribution in [2.24, 2.45) is 0 Å². The molecule has 0 bridgehead atoms. The molecule has 0 fully saturated rings. The third-order valence-electron chi connectivity index (χ3n) is 3.69. The Kier molecular flexibility index (Phi) is 5.76. The maximum atomic E-state index is 12.2. The third-order valence-corrected chi connectivity index (χ3v) is 4.59. The van der Waals surface area contributed by atoms with E-state index in [4.69, 9.17) is 4.74 Å². The maximum absolute atomic E-state index is 12.2. The van der Waals surface area contributed by atoms with E-state index < -0.39 is 5.97 Å². The number of anilines is 1. The molecule has 0 aliphatic heterocycles. The Balaban J connectivity index is 1.52. The summed E-state index contributed by atoms with van der Waals surface area (Å²) in [4.78, 5) is 28.5. The number of benzene rings is 2. The lowest BCUT2D eigenvalue weighted by Crippen LogP contribution is -2.15. The molecule has 0 spiro atoms. The van der Waals surface area contributed by atoms with Crippen LogP contribution in [-0.4, -0.2) is 16.9 Å². The number of esters is 1. The van der Waals surface area contributed by atoms with E-state index in [2.05, 4.69) is 10.3 Å². The van der Waals surface area contributed by atoms with Gasteiger partial charge >= 0.3 is 5.97 Å². The quantitative estimate of drug-likeness (QED) is 0.670. The van der Waals surface area contributed by atoms with Crippen LogP contribution >= 0.6 is 11.3 Å². The first kappa shape index (κ1) is 17.8. The van der Waals surface area contributed by atoms with Crippen LogP contribution in [0.5, 0.6) is 0 Å². The van der Waals surface area contributed by atoms with Gasteiger partial charge in [-0.15, -0.1) is 11.3 Å². The van der Waals surface area contributed by atoms with E-state index in [1.165, 1.54) is 11.3 Å². The van der Waals surface area contributed by atoms with Crippen molar-refractivity contribution in [1.29, 1.82) is 0 Å². The molecule has 0 unspecified atom stereocenters. The molecule has 0 aliphatic rings. The van der Waals surface area contributed by atoms with Crippen LogP contribution in [0.1, 0.15) is 26.6 Å². The number of amides is 1. The van der Waals surface area contributed by atoms with Crippen LogP contribution in [0.25, 0.3) is 0 Å². The highest BCUT2D eigenvalue weighted by atomic mass is 32.1. The fourth-order valence-electron chi connectivity index (χ4n) is 2.34. The van der Waals surface area contributed by atoms with Gasteiger partial charge in [0.1, 0.15) is 11.6 Å². The van der Waals surface area contributed by atoms with Crippen LogP contribution in [0.2, 0.25) is 0 Å². The molecular weight excluding hydrogens is 348 g/mol. The number of carbonyl (C=O) groups is 2. The van der Waals surface area contributed by atoms with Crippen LogP contribution in [-0.2, 0) is 22.6 Å². The molecule has 2 aromatic carbocycles. The molecule has 0 saturated carbocycles. The van der Waals surface area contributed by atoms with Gasteiger partial charge in [0.05, 0.1) is 17.7 Å². The van der Waals surface area contributed by atoms with Crippen molar-refractivity contribution in [3.63, 3.8) is 0 Å². The zero-order valence-corrected chi connectivity index (χ0v) is 15.1. The highest BCUT2D eigenvalue weighted by Crippen LogP contribution is 2.16. The molecule has 1 N–H and O–H groups in total. The predicted octanol–water partition coefficient (Wildman–Crippen LogP) is 3.99. The normalized spacial score (nSPS) is 10.3. The topological polar surface area (TPSA) is 68.3 Å². The van der Waals surface area contributed by atoms with Gasteiger partial charge in [0.2, 0.25) is 5.91 Å². The molecule has 5 nitrogen and oxygen atoms in total. The van der Waals surface area contributed by atoms with Crippen molar-refractivity contribution in [1.82, 2.24) is 4.98 Å². The molecule has 3 aromatic rings. The first-order chi connectivity index (χ1) is 12.6. The molecule has 3 rings (SSSR count). The lowest BCUT2D eigenvalue weighted by Gasteiger charge is -2.06. The predicted molar refractivity (Wildman–Crippen MR) is 101 cm³/mol. The number of aromatic nitrogens is 1. The molecule has 0 atom stereocenters. The summed E-state index contributed by atoms with van der Waals surface area (Å²) in [5.74, 6) is -0.515. The standard InChI is InChI=1S/C20H18N2O3S/c1-14-7-5-6-10-17(14)22-18(23)11-19-21-16(13-26-19)12-25-20(24)15-8-3-2-4-9-15/h2-10,13H,11-12H2,1H3,(H,22,23). The Bertz CT molecular complexity index is 906. The van der Waals surface area contributed by atoms with Crippen molar-refractivity contribution >= 4 is 28.9 Å². The molecule has 1 heterocycles. The second kappa shape index (κ2) is 8.40. The fraction of sp³-hybridized carbons (Fsp3) is 0.150. The summed E-state index contributed by atoms with van der Waals surface area (Å²) in [5.41, 5.74) is 2.94. The van der Waals surface area contributed by atoms with Crippen LogP contribution in [0.3, 0.4) is 0 Å². The van der Waals surface area contributed by atoms with E-state index >= 15 is 0 Å². The lowest BCUT2D eigenvalue weighted by molar-refractivity contribution is -0.115. The van der Waals surface area contributed by atoms with Crippen molar-refractivity contribution < 1.29 is 14.3 Å². The number of para-hydroxylation sites is 1. The van der Waals surface area contributed by atoms with E-state index in [0.717, 1.165) is 11.3 Å². The second-order valence-electron chi connectivity index (χ2n) is 5.71. The van der Waals surface area contributed by atoms with Gasteiger partial charge in [0, 0.05) is 11.1 Å². The molecule has 0 aliphatic carbocycles. The lowest BCUT2D eigenvalue weighted by atomic mass is 10.2. The van der Waals surface area contributed by atoms with Gasteiger partial charge < -0.3 is 10.1 Å². The van der Waals surface area contributed by atoms with Crippen molar-refractivity contribution in [2.75, 3.05) is 5.32 Å². The number of rotatable bonds is 6. The third kappa shape index (κ3) is 4.77. The maximum Gasteiger partial charge on any atom is 0.338 e. The van der Waals surface area contributed by atoms with Crippen LogP contribution in [0.4, 0.5) is 5.69 Å². The minimum Gasteiger partial charge on any atom is -0.456 e. The summed E-state index contributed by atoms with van der Waals surface area (Å²) in [6.07, 6.45) is 0.186. The number of aryl methyl sites for hydroxylation is 1. The molecule has 132 valence electrons. The van der Waals surface area contributed by atoms with E-state index in [-0.39, 0.29) is 18.9 Å². The smallest absolute Gasteiger partial charge is 0.338 e. The Morgan fingerprint density at radius 1 is 1.08 bits per heavy atom. The molecule has 26 heavy (non-hydrogen) atoms. The largest absolute Gasteiger partial charge is 0.456 e. The number of nitrogens with one attached hydrogen (secondary N) is 1. The molecule has 1 amide bonds. The first-order valence-electron chi connectivity index (χ1n) is 8.13. The zero-order chi connectivity index (χ0) is 18.4. The summed E-state index contributed by atoms with van der Waals surface area (Å²) >= 11 is 1.38. The van der Waals surface area contributed by atoms with Crippen LogP contribution in [0.15, 0.2) is 60.0 Å². The van der Waals surface area contributed by atoms with Gasteiger partial charge in [-0.2, -0.15) is 0 Å². The van der Waals surface area contributed by atoms with Gasteiger partial charge in [-0.25, -0.2) is 9.78 Å². The van der Waals surface area contributed by atoms with Gasteiger partial charge in [-0.05, 0) is 30.7 Å². The summed E-state index contributed by atoms with van der Waals surface area (Å²) in [6, 6.07) is 16.4. The average molecular weight is 366 g/mol. The van der Waals surface area contributed by atoms with Gasteiger partial charge in [0.15, 0.2) is 0 Å². The summed E-state index contributed by atoms with van der Waals surface area (Å²) in [6.45, 7) is 2.03. The number of ether oxygens (including phenoxy) is 1. The Hall–Kier alpha value is -2.99. The van der Waals surface area contributed by atoms with Crippen LogP contribution in [0, 0.1) is 6.92 Å². The average Bonchev–Trinajstić information content (AvgIpc) is 3.09. The fourth-order valence-corrected chi connectivity index (χ4v) is 3.12. The zero-order valence-electron chi connectivity index (χ0n) is 14.3. The minimum atomic E-state index is -0.391. The molecular formula is C20H18N2O3S. The summed E-state index contributed by atoms with van der Waals surface area (Å²) in [5, 5.41) is 5.36. The van der Waals surface area contributed by atoms with Crippen LogP contribution < -0.4 is 5.32 Å². The highest BCUT2D eigenvalue weighted by Gasteiger charge is 2.11. The highest BCUT2D eigenvalue weighted by molar-refractivity contribution is 7.09. The van der Waals surface area contributed by atoms with Crippen molar-refractivity contribution in [3.05, 3.63) is 81.8 Å². The first-order valence-corrected chi connectivity index (χ1v) is 9.01. The van der Waals surface area contributed by atoms with E-state index in [9.17, 15) is 9.59 Å². The van der Waals surface area contributed by atoms with Crippen molar-refractivity contribution in [3.8, 4) is 0 Å². The summed E-state index contributed by atoms with van der Waals surface area (Å²) in [7, 11) is 0. The van der Waals surface area contributed by atoms with Crippen molar-refractivity contribution in [2.45, 2.75) is 20.0 Å². The second-order valence-corrected chi connectivity index (χ2v) is 6.66. The Morgan fingerprint density at radius 3 is 2.58 bits per heavy atom. The van der Waals surface area contributed by atoms with Gasteiger partial charge in [-0.3, -0.25) is 4.79 Å². The monoisotopic (exact) mass is 366 g/mol. The Labute approximate surface area is 155 Å². The number of nitrogens with zero attached hydrogens (tertiary/aromatic N) is 1. The Morgan fingerprint density at radius 2 is 1.81 bits per heavy atom. The number of carbonyl (C=O) groups excluding carboxylic acids is 2. The number of thiazole rings is 1. The molecule has 0 saturated heterocycles. The molecule has 1 aromatic heterocycles. The minimum absolute atomic E-state index is 0.0869. The van der Waals surface area contributed by atoms with Gasteiger partial charge in [0.25, 0.3) is 0 Å².